The Bertz CT molecular complexity index is 439. The molecular weight excluding hydrogens is 246 g/mol. The van der Waals surface area contributed by atoms with E-state index in [4.69, 9.17) is 4.74 Å². The van der Waals surface area contributed by atoms with E-state index >= 15 is 0 Å². The second kappa shape index (κ2) is 6.28. The summed E-state index contributed by atoms with van der Waals surface area (Å²) in [5.74, 6) is 0.629. The summed E-state index contributed by atoms with van der Waals surface area (Å²) in [7, 11) is 0. The number of nitrogens with one attached hydrogen (secondary N) is 1. The molecule has 1 aliphatic rings. The Morgan fingerprint density at radius 1 is 1.25 bits per heavy atom. The molecule has 2 nitrogen and oxygen atoms in total. The number of hydrogen-bond acceptors (Lipinski definition) is 2. The van der Waals surface area contributed by atoms with Crippen molar-refractivity contribution >= 4 is 0 Å². The van der Waals surface area contributed by atoms with Crippen LogP contribution in [0.2, 0.25) is 0 Å². The summed E-state index contributed by atoms with van der Waals surface area (Å²) in [4.78, 5) is 0. The molecule has 20 heavy (non-hydrogen) atoms. The molecule has 0 spiro atoms. The fourth-order valence-corrected chi connectivity index (χ4v) is 3.43. The fraction of sp³-hybridized carbons (Fsp3) is 0.667. The van der Waals surface area contributed by atoms with Crippen LogP contribution in [0.25, 0.3) is 0 Å². The summed E-state index contributed by atoms with van der Waals surface area (Å²) in [6.45, 7) is 11.2. The molecule has 1 heterocycles. The number of aryl methyl sites for hydroxylation is 1. The first-order valence-electron chi connectivity index (χ1n) is 8.06. The van der Waals surface area contributed by atoms with Crippen LogP contribution in [-0.2, 0) is 4.74 Å². The lowest BCUT2D eigenvalue weighted by Crippen LogP contribution is -2.46. The molecule has 3 atom stereocenters. The first-order chi connectivity index (χ1) is 9.56. The van der Waals surface area contributed by atoms with E-state index in [1.165, 1.54) is 17.5 Å². The highest BCUT2D eigenvalue weighted by atomic mass is 16.5. The van der Waals surface area contributed by atoms with Gasteiger partial charge in [0, 0.05) is 6.04 Å². The summed E-state index contributed by atoms with van der Waals surface area (Å²) in [5, 5.41) is 3.76. The van der Waals surface area contributed by atoms with E-state index in [0.717, 1.165) is 12.8 Å². The third-order valence-corrected chi connectivity index (χ3v) is 5.01. The molecule has 0 aliphatic carbocycles. The maximum absolute atomic E-state index is 6.51. The lowest BCUT2D eigenvalue weighted by Gasteiger charge is -2.35. The van der Waals surface area contributed by atoms with Crippen molar-refractivity contribution in [2.75, 3.05) is 0 Å². The Kier molecular flexibility index (Phi) is 4.87. The van der Waals surface area contributed by atoms with Crippen LogP contribution < -0.4 is 5.32 Å². The monoisotopic (exact) mass is 275 g/mol. The fourth-order valence-electron chi connectivity index (χ4n) is 3.43. The smallest absolute Gasteiger partial charge is 0.135 e. The normalized spacial score (nSPS) is 26.6. The van der Waals surface area contributed by atoms with Gasteiger partial charge in [0.1, 0.15) is 6.23 Å². The van der Waals surface area contributed by atoms with Crippen LogP contribution in [0.1, 0.15) is 64.3 Å². The predicted molar refractivity (Wildman–Crippen MR) is 84.7 cm³/mol. The molecule has 0 bridgehead atoms. The van der Waals surface area contributed by atoms with E-state index < -0.39 is 0 Å². The molecule has 2 heteroatoms. The predicted octanol–water partition coefficient (Wildman–Crippen LogP) is 4.59. The molecule has 0 saturated carbocycles. The molecule has 1 aromatic carbocycles. The van der Waals surface area contributed by atoms with Gasteiger partial charge in [-0.3, -0.25) is 5.32 Å². The highest BCUT2D eigenvalue weighted by molar-refractivity contribution is 5.25. The Labute approximate surface area is 123 Å². The first kappa shape index (κ1) is 15.5. The maximum atomic E-state index is 6.51. The van der Waals surface area contributed by atoms with Crippen molar-refractivity contribution in [2.45, 2.75) is 71.8 Å². The Morgan fingerprint density at radius 2 is 1.95 bits per heavy atom. The molecule has 1 aromatic rings. The average Bonchev–Trinajstić information content (AvgIpc) is 2.87. The van der Waals surface area contributed by atoms with Crippen LogP contribution in [0, 0.1) is 12.8 Å². The highest BCUT2D eigenvalue weighted by Crippen LogP contribution is 2.41. The average molecular weight is 275 g/mol. The number of benzene rings is 1. The summed E-state index contributed by atoms with van der Waals surface area (Å²) in [6.07, 6.45) is 3.35. The molecule has 1 unspecified atom stereocenters. The highest BCUT2D eigenvalue weighted by Gasteiger charge is 2.47. The third-order valence-electron chi connectivity index (χ3n) is 5.01. The van der Waals surface area contributed by atoms with Gasteiger partial charge in [-0.2, -0.15) is 0 Å². The van der Waals surface area contributed by atoms with Crippen LogP contribution in [0.4, 0.5) is 0 Å². The van der Waals surface area contributed by atoms with Gasteiger partial charge in [0.15, 0.2) is 0 Å². The van der Waals surface area contributed by atoms with Crippen LogP contribution in [0.15, 0.2) is 24.3 Å². The Hall–Kier alpha value is -0.860. The summed E-state index contributed by atoms with van der Waals surface area (Å²) >= 11 is 0. The second-order valence-electron chi connectivity index (χ2n) is 6.21. The Balaban J connectivity index is 2.28. The van der Waals surface area contributed by atoms with Crippen molar-refractivity contribution in [3.63, 3.8) is 0 Å². The van der Waals surface area contributed by atoms with Gasteiger partial charge in [0.05, 0.1) is 5.60 Å². The zero-order valence-electron chi connectivity index (χ0n) is 13.6. The maximum Gasteiger partial charge on any atom is 0.135 e. The molecule has 112 valence electrons. The van der Waals surface area contributed by atoms with Crippen LogP contribution in [-0.4, -0.2) is 11.6 Å². The standard InChI is InChI=1S/C18H29NO/c1-6-14(5)16-18(7-2,8-3)20-17(19-16)15-11-9-10-13(4)12-15/h9-12,14,16-17,19H,6-8H2,1-5H3/t14?,16-,17-/m0/s1. The summed E-state index contributed by atoms with van der Waals surface area (Å²) in [5.41, 5.74) is 2.52. The van der Waals surface area contributed by atoms with Crippen molar-refractivity contribution < 1.29 is 4.74 Å². The zero-order chi connectivity index (χ0) is 14.8. The van der Waals surface area contributed by atoms with Crippen LogP contribution in [0.3, 0.4) is 0 Å². The van der Waals surface area contributed by atoms with E-state index in [9.17, 15) is 0 Å². The minimum atomic E-state index is -0.0240. The van der Waals surface area contributed by atoms with E-state index in [-0.39, 0.29) is 11.8 Å². The summed E-state index contributed by atoms with van der Waals surface area (Å²) in [6, 6.07) is 9.09. The van der Waals surface area contributed by atoms with Crippen molar-refractivity contribution in [1.82, 2.24) is 5.32 Å². The van der Waals surface area contributed by atoms with E-state index in [1.54, 1.807) is 0 Å². The molecule has 1 fully saturated rings. The van der Waals surface area contributed by atoms with E-state index in [1.807, 2.05) is 0 Å². The number of ether oxygens (including phenoxy) is 1. The SMILES string of the molecule is CCC(C)[C@@H]1N[C@H](c2cccc(C)c2)OC1(CC)CC. The van der Waals surface area contributed by atoms with Gasteiger partial charge in [-0.15, -0.1) is 0 Å². The molecule has 2 rings (SSSR count). The minimum absolute atomic E-state index is 0.0240. The third kappa shape index (κ3) is 2.77. The van der Waals surface area contributed by atoms with Crippen molar-refractivity contribution in [2.24, 2.45) is 5.92 Å². The molecule has 1 N–H and O–H groups in total. The molecule has 0 radical (unpaired) electrons. The first-order valence-corrected chi connectivity index (χ1v) is 8.06. The molecule has 1 aliphatic heterocycles. The van der Waals surface area contributed by atoms with Gasteiger partial charge in [-0.1, -0.05) is 63.9 Å². The molecule has 1 saturated heterocycles. The van der Waals surface area contributed by atoms with Gasteiger partial charge in [-0.25, -0.2) is 0 Å². The van der Waals surface area contributed by atoms with Crippen molar-refractivity contribution in [3.05, 3.63) is 35.4 Å². The number of hydrogen-bond donors (Lipinski definition) is 1. The van der Waals surface area contributed by atoms with Crippen LogP contribution >= 0.6 is 0 Å². The molecule has 0 amide bonds. The quantitative estimate of drug-likeness (QED) is 0.849. The lowest BCUT2D eigenvalue weighted by molar-refractivity contribution is -0.0601. The van der Waals surface area contributed by atoms with Gasteiger partial charge in [0.2, 0.25) is 0 Å². The van der Waals surface area contributed by atoms with Gasteiger partial charge >= 0.3 is 0 Å². The lowest BCUT2D eigenvalue weighted by atomic mass is 9.81. The zero-order valence-corrected chi connectivity index (χ0v) is 13.6. The van der Waals surface area contributed by atoms with Gasteiger partial charge in [-0.05, 0) is 31.2 Å². The van der Waals surface area contributed by atoms with Gasteiger partial charge < -0.3 is 4.74 Å². The Morgan fingerprint density at radius 3 is 2.50 bits per heavy atom. The van der Waals surface area contributed by atoms with Crippen molar-refractivity contribution in [3.8, 4) is 0 Å². The van der Waals surface area contributed by atoms with Gasteiger partial charge in [0.25, 0.3) is 0 Å². The minimum Gasteiger partial charge on any atom is -0.351 e. The topological polar surface area (TPSA) is 21.3 Å². The summed E-state index contributed by atoms with van der Waals surface area (Å²) < 4.78 is 6.51. The number of rotatable bonds is 5. The second-order valence-corrected chi connectivity index (χ2v) is 6.21. The van der Waals surface area contributed by atoms with E-state index in [2.05, 4.69) is 64.2 Å². The molecule has 0 aromatic heterocycles. The van der Waals surface area contributed by atoms with Crippen molar-refractivity contribution in [1.29, 1.82) is 0 Å². The largest absolute Gasteiger partial charge is 0.351 e. The molecular formula is C18H29NO. The van der Waals surface area contributed by atoms with E-state index in [0.29, 0.717) is 12.0 Å². The van der Waals surface area contributed by atoms with Crippen LogP contribution in [0.5, 0.6) is 0 Å².